The van der Waals surface area contributed by atoms with Crippen LogP contribution in [0.4, 0.5) is 0 Å². The van der Waals surface area contributed by atoms with Crippen LogP contribution in [-0.4, -0.2) is 27.8 Å². The van der Waals surface area contributed by atoms with E-state index in [1.807, 2.05) is 25.1 Å². The molecule has 1 saturated heterocycles. The molecule has 1 aliphatic rings. The second-order valence-corrected chi connectivity index (χ2v) is 11.0. The first-order chi connectivity index (χ1) is 17.7. The Labute approximate surface area is 242 Å². The summed E-state index contributed by atoms with van der Waals surface area (Å²) >= 11 is 21.8. The molecule has 190 valence electrons. The van der Waals surface area contributed by atoms with Gasteiger partial charge in [-0.15, -0.1) is 0 Å². The van der Waals surface area contributed by atoms with Crippen LogP contribution in [0.1, 0.15) is 28.4 Å². The normalized spacial score (nSPS) is 14.3. The summed E-state index contributed by atoms with van der Waals surface area (Å²) in [7, 11) is 0. The summed E-state index contributed by atoms with van der Waals surface area (Å²) in [6.45, 7) is 2.62. The molecular weight excluding hydrogens is 619 g/mol. The van der Waals surface area contributed by atoms with Crippen molar-refractivity contribution in [2.24, 2.45) is 0 Å². The van der Waals surface area contributed by atoms with Crippen molar-refractivity contribution in [3.8, 4) is 11.5 Å². The van der Waals surface area contributed by atoms with E-state index >= 15 is 0 Å². The predicted molar refractivity (Wildman–Crippen MR) is 155 cm³/mol. The molecule has 2 amide bonds. The number of benzene rings is 3. The summed E-state index contributed by atoms with van der Waals surface area (Å²) in [5.41, 5.74) is 4.55. The van der Waals surface area contributed by atoms with Gasteiger partial charge >= 0.3 is 0 Å². The second kappa shape index (κ2) is 12.3. The monoisotopic (exact) mass is 636 g/mol. The average Bonchev–Trinajstić information content (AvgIpc) is 3.12. The molecule has 1 fully saturated rings. The third-order valence-electron chi connectivity index (χ3n) is 5.04. The summed E-state index contributed by atoms with van der Waals surface area (Å²) in [5, 5.41) is 2.22. The highest BCUT2D eigenvalue weighted by Crippen LogP contribution is 2.39. The fraction of sp³-hybridized carbons (Fsp3) is 0.115. The van der Waals surface area contributed by atoms with Gasteiger partial charge in [-0.3, -0.25) is 15.0 Å². The highest BCUT2D eigenvalue weighted by atomic mass is 79.9. The molecule has 1 heterocycles. The number of nitrogens with zero attached hydrogens (tertiary/aromatic N) is 1. The quantitative estimate of drug-likeness (QED) is 0.207. The summed E-state index contributed by atoms with van der Waals surface area (Å²) in [4.78, 5) is 25.9. The van der Waals surface area contributed by atoms with Crippen LogP contribution in [0.15, 0.2) is 70.0 Å². The Morgan fingerprint density at radius 3 is 2.38 bits per heavy atom. The van der Waals surface area contributed by atoms with Gasteiger partial charge in [-0.1, -0.05) is 47.1 Å². The number of hydrazine groups is 1. The van der Waals surface area contributed by atoms with Crippen LogP contribution < -0.4 is 14.9 Å². The van der Waals surface area contributed by atoms with Gasteiger partial charge < -0.3 is 9.47 Å². The largest absolute Gasteiger partial charge is 0.490 e. The smallest absolute Gasteiger partial charge is 0.285 e. The number of hydrogen-bond acceptors (Lipinski definition) is 6. The average molecular weight is 638 g/mol. The highest BCUT2D eigenvalue weighted by Gasteiger charge is 2.34. The maximum absolute atomic E-state index is 13.0. The van der Waals surface area contributed by atoms with Crippen molar-refractivity contribution < 1.29 is 19.1 Å². The van der Waals surface area contributed by atoms with Crippen molar-refractivity contribution in [2.75, 3.05) is 6.61 Å². The number of amides is 2. The molecule has 4 rings (SSSR count). The molecule has 0 bridgehead atoms. The molecule has 11 heteroatoms. The van der Waals surface area contributed by atoms with Gasteiger partial charge in [-0.05, 0) is 101 Å². The van der Waals surface area contributed by atoms with Crippen LogP contribution in [0.2, 0.25) is 10.0 Å². The fourth-order valence-corrected chi connectivity index (χ4v) is 5.30. The van der Waals surface area contributed by atoms with Crippen LogP contribution in [0.3, 0.4) is 0 Å². The van der Waals surface area contributed by atoms with E-state index in [1.165, 1.54) is 0 Å². The maximum Gasteiger partial charge on any atom is 0.285 e. The predicted octanol–water partition coefficient (Wildman–Crippen LogP) is 7.28. The number of rotatable bonds is 8. The Kier molecular flexibility index (Phi) is 9.15. The SMILES string of the molecule is CCOc1cc(/C=C2\SC(=S)N(NC(=O)c3ccc(Cl)cc3)C2=O)cc(Br)c1OCc1ccc(Cl)cc1. The zero-order chi connectivity index (χ0) is 26.5. The number of thiocarbonyl (C=S) groups is 1. The van der Waals surface area contributed by atoms with Gasteiger partial charge in [-0.25, -0.2) is 0 Å². The van der Waals surface area contributed by atoms with Gasteiger partial charge in [0, 0.05) is 15.6 Å². The summed E-state index contributed by atoms with van der Waals surface area (Å²) in [6.07, 6.45) is 1.68. The Bertz CT molecular complexity index is 1380. The molecule has 0 aliphatic carbocycles. The summed E-state index contributed by atoms with van der Waals surface area (Å²) in [6, 6.07) is 17.3. The van der Waals surface area contributed by atoms with Crippen LogP contribution in [-0.2, 0) is 11.4 Å². The van der Waals surface area contributed by atoms with Crippen LogP contribution in [0.25, 0.3) is 6.08 Å². The second-order valence-electron chi connectivity index (χ2n) is 7.64. The molecule has 0 unspecified atom stereocenters. The Morgan fingerprint density at radius 2 is 1.73 bits per heavy atom. The minimum atomic E-state index is -0.474. The number of hydrogen-bond donors (Lipinski definition) is 1. The third kappa shape index (κ3) is 6.86. The lowest BCUT2D eigenvalue weighted by molar-refractivity contribution is -0.123. The molecule has 0 saturated carbocycles. The number of halogens is 3. The first kappa shape index (κ1) is 27.5. The van der Waals surface area contributed by atoms with Gasteiger partial charge in [0.15, 0.2) is 15.8 Å². The van der Waals surface area contributed by atoms with E-state index in [2.05, 4.69) is 21.4 Å². The Morgan fingerprint density at radius 1 is 1.08 bits per heavy atom. The molecule has 1 N–H and O–H groups in total. The molecule has 0 radical (unpaired) electrons. The van der Waals surface area contributed by atoms with E-state index in [0.717, 1.165) is 22.3 Å². The molecule has 0 spiro atoms. The molecule has 1 aliphatic heterocycles. The van der Waals surface area contributed by atoms with Crippen LogP contribution >= 0.6 is 63.1 Å². The molecule has 3 aromatic rings. The van der Waals surface area contributed by atoms with Crippen molar-refractivity contribution in [2.45, 2.75) is 13.5 Å². The van der Waals surface area contributed by atoms with Crippen molar-refractivity contribution >= 4 is 85.3 Å². The first-order valence-electron chi connectivity index (χ1n) is 10.9. The highest BCUT2D eigenvalue weighted by molar-refractivity contribution is 9.10. The van der Waals surface area contributed by atoms with Gasteiger partial charge in [0.25, 0.3) is 11.8 Å². The lowest BCUT2D eigenvalue weighted by Gasteiger charge is -2.16. The molecule has 37 heavy (non-hydrogen) atoms. The molecule has 3 aromatic carbocycles. The van der Waals surface area contributed by atoms with E-state index in [0.29, 0.717) is 55.3 Å². The fourth-order valence-electron chi connectivity index (χ4n) is 3.29. The number of carbonyl (C=O) groups is 2. The van der Waals surface area contributed by atoms with Crippen LogP contribution in [0.5, 0.6) is 11.5 Å². The van der Waals surface area contributed by atoms with Crippen molar-refractivity contribution in [1.29, 1.82) is 0 Å². The Hall–Kier alpha value is -2.56. The van der Waals surface area contributed by atoms with Crippen molar-refractivity contribution in [3.05, 3.63) is 96.8 Å². The molecule has 0 atom stereocenters. The van der Waals surface area contributed by atoms with Gasteiger partial charge in [0.05, 0.1) is 16.0 Å². The number of ether oxygens (including phenoxy) is 2. The van der Waals surface area contributed by atoms with Crippen molar-refractivity contribution in [1.82, 2.24) is 10.4 Å². The maximum atomic E-state index is 13.0. The zero-order valence-electron chi connectivity index (χ0n) is 19.3. The first-order valence-corrected chi connectivity index (χ1v) is 13.7. The van der Waals surface area contributed by atoms with Crippen molar-refractivity contribution in [3.63, 3.8) is 0 Å². The van der Waals surface area contributed by atoms with Gasteiger partial charge in [0.2, 0.25) is 0 Å². The van der Waals surface area contributed by atoms with E-state index < -0.39 is 11.8 Å². The molecular formula is C26H19BrCl2N2O4S2. The Balaban J connectivity index is 1.52. The van der Waals surface area contributed by atoms with Crippen LogP contribution in [0, 0.1) is 0 Å². The third-order valence-corrected chi connectivity index (χ3v) is 7.43. The number of thioether (sulfide) groups is 1. The molecule has 0 aromatic heterocycles. The zero-order valence-corrected chi connectivity index (χ0v) is 24.0. The number of carbonyl (C=O) groups excluding carboxylic acids is 2. The van der Waals surface area contributed by atoms with E-state index in [1.54, 1.807) is 48.5 Å². The summed E-state index contributed by atoms with van der Waals surface area (Å²) < 4.78 is 12.7. The van der Waals surface area contributed by atoms with E-state index in [4.69, 9.17) is 44.9 Å². The van der Waals surface area contributed by atoms with Gasteiger partial charge in [-0.2, -0.15) is 5.01 Å². The van der Waals surface area contributed by atoms with E-state index in [-0.39, 0.29) is 4.32 Å². The summed E-state index contributed by atoms with van der Waals surface area (Å²) in [5.74, 6) is 0.146. The lowest BCUT2D eigenvalue weighted by atomic mass is 10.1. The molecule has 6 nitrogen and oxygen atoms in total. The topological polar surface area (TPSA) is 67.9 Å². The minimum Gasteiger partial charge on any atom is -0.490 e. The minimum absolute atomic E-state index is 0.213. The lowest BCUT2D eigenvalue weighted by Crippen LogP contribution is -2.44. The standard InChI is InChI=1S/C26H19BrCl2N2O4S2/c1-2-34-21-12-16(11-20(27)23(21)35-14-15-3-7-18(28)8-4-15)13-22-25(33)31(26(36)37-22)30-24(32)17-5-9-19(29)10-6-17/h3-13H,2,14H2,1H3,(H,30,32)/b22-13-. The number of nitrogens with one attached hydrogen (secondary N) is 1. The van der Waals surface area contributed by atoms with Gasteiger partial charge in [0.1, 0.15) is 6.61 Å². The van der Waals surface area contributed by atoms with E-state index in [9.17, 15) is 9.59 Å².